The average molecular weight is 498 g/mol. The molecular weight excluding hydrogens is 466 g/mol. The highest BCUT2D eigenvalue weighted by Crippen LogP contribution is 2.44. The molecule has 0 unspecified atom stereocenters. The van der Waals surface area contributed by atoms with Crippen LogP contribution in [-0.2, 0) is 19.4 Å². The Morgan fingerprint density at radius 1 is 1.03 bits per heavy atom. The summed E-state index contributed by atoms with van der Waals surface area (Å²) >= 11 is 1.91. The third-order valence-electron chi connectivity index (χ3n) is 7.33. The van der Waals surface area contributed by atoms with E-state index in [0.717, 1.165) is 41.1 Å². The van der Waals surface area contributed by atoms with Gasteiger partial charge >= 0.3 is 6.03 Å². The van der Waals surface area contributed by atoms with Gasteiger partial charge in [-0.3, -0.25) is 0 Å². The van der Waals surface area contributed by atoms with Crippen LogP contribution in [0.2, 0.25) is 0 Å². The summed E-state index contributed by atoms with van der Waals surface area (Å²) in [4.78, 5) is 17.5. The molecule has 0 fully saturated rings. The summed E-state index contributed by atoms with van der Waals surface area (Å²) < 4.78 is 8.02. The summed E-state index contributed by atoms with van der Waals surface area (Å²) in [5, 5.41) is 4.49. The molecule has 0 spiro atoms. The molecule has 3 heterocycles. The molecule has 2 amide bonds. The number of thiophene rings is 1. The van der Waals surface area contributed by atoms with Crippen molar-refractivity contribution < 1.29 is 9.53 Å². The lowest BCUT2D eigenvalue weighted by molar-refractivity contribution is 0.194. The molecule has 2 aromatic carbocycles. The maximum Gasteiger partial charge on any atom is 0.322 e. The second-order valence-electron chi connectivity index (χ2n) is 9.58. The number of aryl methyl sites for hydroxylation is 2. The van der Waals surface area contributed by atoms with Gasteiger partial charge in [0.05, 0.1) is 24.9 Å². The zero-order chi connectivity index (χ0) is 24.6. The summed E-state index contributed by atoms with van der Waals surface area (Å²) in [6.07, 6.45) is 6.85. The van der Waals surface area contributed by atoms with Crippen molar-refractivity contribution in [3.8, 4) is 10.8 Å². The van der Waals surface area contributed by atoms with E-state index in [1.54, 1.807) is 0 Å². The minimum atomic E-state index is -0.224. The van der Waals surface area contributed by atoms with Crippen LogP contribution >= 0.6 is 11.3 Å². The zero-order valence-electron chi connectivity index (χ0n) is 20.8. The van der Waals surface area contributed by atoms with Gasteiger partial charge in [-0.05, 0) is 86.6 Å². The van der Waals surface area contributed by atoms with Gasteiger partial charge in [0.25, 0.3) is 0 Å². The summed E-state index contributed by atoms with van der Waals surface area (Å²) in [6, 6.07) is 20.1. The molecule has 0 bridgehead atoms. The van der Waals surface area contributed by atoms with Crippen LogP contribution in [0, 0.1) is 6.92 Å². The Balaban J connectivity index is 1.48. The average Bonchev–Trinajstić information content (AvgIpc) is 3.48. The van der Waals surface area contributed by atoms with Crippen molar-refractivity contribution in [2.75, 3.05) is 11.9 Å². The molecule has 4 aromatic rings. The monoisotopic (exact) mass is 497 g/mol. The molecule has 184 valence electrons. The number of para-hydroxylation sites is 1. The zero-order valence-corrected chi connectivity index (χ0v) is 21.6. The first kappa shape index (κ1) is 22.9. The fraction of sp³-hybridized carbons (Fsp3) is 0.300. The molecule has 6 rings (SSSR count). The molecule has 0 radical (unpaired) electrons. The fourth-order valence-corrected chi connectivity index (χ4v) is 6.95. The highest BCUT2D eigenvalue weighted by molar-refractivity contribution is 7.15. The van der Waals surface area contributed by atoms with Crippen molar-refractivity contribution >= 4 is 23.1 Å². The van der Waals surface area contributed by atoms with Crippen LogP contribution in [0.1, 0.15) is 58.6 Å². The van der Waals surface area contributed by atoms with Gasteiger partial charge in [-0.2, -0.15) is 0 Å². The summed E-state index contributed by atoms with van der Waals surface area (Å²) in [6.45, 7) is 5.23. The third kappa shape index (κ3) is 3.99. The second-order valence-corrected chi connectivity index (χ2v) is 10.7. The topological polar surface area (TPSA) is 46.5 Å². The number of carbonyl (C=O) groups is 1. The summed E-state index contributed by atoms with van der Waals surface area (Å²) in [7, 11) is 0. The Bertz CT molecular complexity index is 1400. The van der Waals surface area contributed by atoms with Crippen LogP contribution < -0.4 is 10.1 Å². The Hall–Kier alpha value is -3.51. The molecule has 5 nitrogen and oxygen atoms in total. The van der Waals surface area contributed by atoms with Crippen molar-refractivity contribution in [1.82, 2.24) is 9.47 Å². The Kier molecular flexibility index (Phi) is 6.05. The first-order valence-corrected chi connectivity index (χ1v) is 13.6. The number of fused-ring (bicyclic) bond motifs is 5. The number of amides is 2. The molecule has 1 N–H and O–H groups in total. The van der Waals surface area contributed by atoms with E-state index in [1.165, 1.54) is 33.8 Å². The molecule has 36 heavy (non-hydrogen) atoms. The van der Waals surface area contributed by atoms with Crippen LogP contribution in [0.4, 0.5) is 10.5 Å². The molecule has 0 saturated carbocycles. The third-order valence-corrected chi connectivity index (χ3v) is 8.67. The van der Waals surface area contributed by atoms with E-state index in [0.29, 0.717) is 13.2 Å². The number of urea groups is 1. The standard InChI is InChI=1S/C30H31N3O2S/c1-3-35-22-16-14-21(15-17-22)28-26-12-8-18-32(26)29-24(23-10-5-7-13-27(23)36-29)19-33(28)30(34)31-25-11-6-4-9-20(25)2/h4,6,8-9,11-12,14-18,28H,3,5,7,10,13,19H2,1-2H3,(H,31,34)/t28-/m0/s1. The quantitative estimate of drug-likeness (QED) is 0.322. The lowest BCUT2D eigenvalue weighted by atomic mass is 9.95. The number of nitrogens with one attached hydrogen (secondary N) is 1. The van der Waals surface area contributed by atoms with E-state index in [4.69, 9.17) is 4.74 Å². The van der Waals surface area contributed by atoms with E-state index in [1.807, 2.05) is 66.5 Å². The number of rotatable bonds is 4. The van der Waals surface area contributed by atoms with Crippen LogP contribution in [0.15, 0.2) is 66.9 Å². The van der Waals surface area contributed by atoms with Gasteiger partial charge in [0, 0.05) is 22.3 Å². The minimum Gasteiger partial charge on any atom is -0.494 e. The molecule has 6 heteroatoms. The van der Waals surface area contributed by atoms with E-state index in [9.17, 15) is 4.79 Å². The fourth-order valence-electron chi connectivity index (χ4n) is 5.55. The molecule has 2 aromatic heterocycles. The van der Waals surface area contributed by atoms with Crippen molar-refractivity contribution in [1.29, 1.82) is 0 Å². The van der Waals surface area contributed by atoms with E-state index >= 15 is 0 Å². The minimum absolute atomic E-state index is 0.0838. The van der Waals surface area contributed by atoms with Crippen molar-refractivity contribution in [2.45, 2.75) is 52.1 Å². The van der Waals surface area contributed by atoms with E-state index in [-0.39, 0.29) is 12.1 Å². The first-order chi connectivity index (χ1) is 17.6. The number of aromatic nitrogens is 1. The highest BCUT2D eigenvalue weighted by atomic mass is 32.1. The normalized spacial score (nSPS) is 16.5. The predicted molar refractivity (Wildman–Crippen MR) is 145 cm³/mol. The van der Waals surface area contributed by atoms with Crippen molar-refractivity contribution in [2.24, 2.45) is 0 Å². The SMILES string of the molecule is CCOc1ccc([C@H]2c3cccn3-c3sc4c(c3CN2C(=O)Nc2ccccc2C)CCCC4)cc1. The molecule has 1 aliphatic heterocycles. The Morgan fingerprint density at radius 2 is 1.83 bits per heavy atom. The van der Waals surface area contributed by atoms with E-state index < -0.39 is 0 Å². The second kappa shape index (κ2) is 9.51. The molecule has 1 atom stereocenters. The first-order valence-electron chi connectivity index (χ1n) is 12.8. The number of hydrogen-bond acceptors (Lipinski definition) is 3. The molecular formula is C30H31N3O2S. The molecule has 1 aliphatic carbocycles. The van der Waals surface area contributed by atoms with Gasteiger partial charge in [-0.15, -0.1) is 11.3 Å². The van der Waals surface area contributed by atoms with Crippen LogP contribution in [0.3, 0.4) is 0 Å². The van der Waals surface area contributed by atoms with Crippen molar-refractivity contribution in [3.63, 3.8) is 0 Å². The van der Waals surface area contributed by atoms with Crippen LogP contribution in [0.25, 0.3) is 5.00 Å². The van der Waals surface area contributed by atoms with E-state index in [2.05, 4.69) is 40.3 Å². The van der Waals surface area contributed by atoms with Crippen LogP contribution in [-0.4, -0.2) is 22.1 Å². The summed E-state index contributed by atoms with van der Waals surface area (Å²) in [5.74, 6) is 0.842. The number of hydrogen-bond donors (Lipinski definition) is 1. The van der Waals surface area contributed by atoms with Gasteiger partial charge in [-0.25, -0.2) is 4.79 Å². The predicted octanol–water partition coefficient (Wildman–Crippen LogP) is 7.26. The smallest absolute Gasteiger partial charge is 0.322 e. The summed E-state index contributed by atoms with van der Waals surface area (Å²) in [5.41, 5.74) is 6.84. The lowest BCUT2D eigenvalue weighted by Crippen LogP contribution is -2.38. The number of benzene rings is 2. The van der Waals surface area contributed by atoms with Gasteiger partial charge in [0.1, 0.15) is 10.8 Å². The number of ether oxygens (including phenoxy) is 1. The van der Waals surface area contributed by atoms with Gasteiger partial charge in [0.2, 0.25) is 0 Å². The number of anilines is 1. The number of nitrogens with zero attached hydrogens (tertiary/aromatic N) is 2. The Morgan fingerprint density at radius 3 is 2.64 bits per heavy atom. The highest BCUT2D eigenvalue weighted by Gasteiger charge is 2.36. The molecule has 0 saturated heterocycles. The Labute approximate surface area is 216 Å². The van der Waals surface area contributed by atoms with Gasteiger partial charge in [0.15, 0.2) is 0 Å². The van der Waals surface area contributed by atoms with Gasteiger partial charge in [-0.1, -0.05) is 30.3 Å². The lowest BCUT2D eigenvalue weighted by Gasteiger charge is -2.31. The van der Waals surface area contributed by atoms with Gasteiger partial charge < -0.3 is 19.5 Å². The molecule has 2 aliphatic rings. The van der Waals surface area contributed by atoms with Crippen LogP contribution in [0.5, 0.6) is 5.75 Å². The number of carbonyl (C=O) groups excluding carboxylic acids is 1. The van der Waals surface area contributed by atoms with Crippen molar-refractivity contribution in [3.05, 3.63) is 99.7 Å². The maximum absolute atomic E-state index is 14.0. The maximum atomic E-state index is 14.0. The largest absolute Gasteiger partial charge is 0.494 e.